The van der Waals surface area contributed by atoms with E-state index in [9.17, 15) is 0 Å². The van der Waals surface area contributed by atoms with Gasteiger partial charge in [0.1, 0.15) is 5.82 Å². The third-order valence-corrected chi connectivity index (χ3v) is 2.21. The Balaban J connectivity index is 2.53. The Morgan fingerprint density at radius 1 is 1.20 bits per heavy atom. The predicted octanol–water partition coefficient (Wildman–Crippen LogP) is 0.683. The van der Waals surface area contributed by atoms with Gasteiger partial charge in [-0.3, -0.25) is 9.55 Å². The second-order valence-corrected chi connectivity index (χ2v) is 3.10. The molecule has 0 aliphatic rings. The first-order valence-electron chi connectivity index (χ1n) is 4.89. The average Bonchev–Trinajstić information content (AvgIpc) is 2.76. The van der Waals surface area contributed by atoms with E-state index in [0.29, 0.717) is 6.54 Å². The number of aryl methyl sites for hydroxylation is 1. The molecule has 15 heavy (non-hydrogen) atoms. The Kier molecular flexibility index (Phi) is 2.73. The molecule has 0 aliphatic heterocycles. The highest BCUT2D eigenvalue weighted by atomic mass is 15.1. The van der Waals surface area contributed by atoms with Gasteiger partial charge in [0.05, 0.1) is 5.69 Å². The zero-order valence-electron chi connectivity index (χ0n) is 8.59. The molecule has 0 unspecified atom stereocenters. The molecule has 2 aromatic rings. The van der Waals surface area contributed by atoms with Crippen molar-refractivity contribution in [3.8, 4) is 5.82 Å². The number of hydrogen-bond acceptors (Lipinski definition) is 4. The summed E-state index contributed by atoms with van der Waals surface area (Å²) in [6.07, 6.45) is 7.80. The van der Waals surface area contributed by atoms with Gasteiger partial charge in [-0.25, -0.2) is 9.97 Å². The topological polar surface area (TPSA) is 69.6 Å². The van der Waals surface area contributed by atoms with Crippen LogP contribution in [0.1, 0.15) is 18.4 Å². The summed E-state index contributed by atoms with van der Waals surface area (Å²) in [6.45, 7) is 2.43. The number of rotatable bonds is 3. The molecule has 2 aromatic heterocycles. The molecule has 0 saturated carbocycles. The van der Waals surface area contributed by atoms with Gasteiger partial charge in [0.25, 0.3) is 0 Å². The minimum Gasteiger partial charge on any atom is -0.325 e. The largest absolute Gasteiger partial charge is 0.325 e. The molecule has 2 heterocycles. The average molecular weight is 203 g/mol. The standard InChI is InChI=1S/C10H13N5/c1-2-9-13-5-6-15(9)10-8(7-11)12-3-4-14-10/h3-6H,2,7,11H2,1H3. The van der Waals surface area contributed by atoms with Crippen molar-refractivity contribution in [2.45, 2.75) is 19.9 Å². The normalized spacial score (nSPS) is 10.5. The number of imidazole rings is 1. The van der Waals surface area contributed by atoms with Gasteiger partial charge >= 0.3 is 0 Å². The molecule has 0 spiro atoms. The molecule has 0 fully saturated rings. The van der Waals surface area contributed by atoms with Crippen LogP contribution in [0, 0.1) is 0 Å². The minimum absolute atomic E-state index is 0.379. The third kappa shape index (κ3) is 1.73. The van der Waals surface area contributed by atoms with Gasteiger partial charge in [0.15, 0.2) is 5.82 Å². The van der Waals surface area contributed by atoms with Crippen LogP contribution >= 0.6 is 0 Å². The molecular formula is C10H13N5. The van der Waals surface area contributed by atoms with Gasteiger partial charge in [-0.15, -0.1) is 0 Å². The van der Waals surface area contributed by atoms with Crippen molar-refractivity contribution in [1.29, 1.82) is 0 Å². The Bertz CT molecular complexity index is 449. The molecule has 5 nitrogen and oxygen atoms in total. The second kappa shape index (κ2) is 4.18. The van der Waals surface area contributed by atoms with Crippen LogP contribution in [0.15, 0.2) is 24.8 Å². The van der Waals surface area contributed by atoms with Crippen LogP contribution in [0.2, 0.25) is 0 Å². The Morgan fingerprint density at radius 2 is 2.00 bits per heavy atom. The van der Waals surface area contributed by atoms with E-state index in [4.69, 9.17) is 5.73 Å². The van der Waals surface area contributed by atoms with Gasteiger partial charge in [-0.05, 0) is 0 Å². The number of aromatic nitrogens is 4. The van der Waals surface area contributed by atoms with E-state index < -0.39 is 0 Å². The molecule has 2 N–H and O–H groups in total. The van der Waals surface area contributed by atoms with Crippen molar-refractivity contribution in [1.82, 2.24) is 19.5 Å². The van der Waals surface area contributed by atoms with Crippen molar-refractivity contribution in [3.05, 3.63) is 36.3 Å². The maximum atomic E-state index is 5.61. The fourth-order valence-electron chi connectivity index (χ4n) is 1.49. The third-order valence-electron chi connectivity index (χ3n) is 2.21. The maximum absolute atomic E-state index is 5.61. The summed E-state index contributed by atoms with van der Waals surface area (Å²) >= 11 is 0. The lowest BCUT2D eigenvalue weighted by Crippen LogP contribution is -2.10. The highest BCUT2D eigenvalue weighted by Gasteiger charge is 2.08. The van der Waals surface area contributed by atoms with Crippen LogP contribution in [0.25, 0.3) is 5.82 Å². The Labute approximate surface area is 88.0 Å². The molecule has 5 heteroatoms. The molecule has 78 valence electrons. The summed E-state index contributed by atoms with van der Waals surface area (Å²) in [5.74, 6) is 1.74. The molecule has 0 amide bonds. The fraction of sp³-hybridized carbons (Fsp3) is 0.300. The van der Waals surface area contributed by atoms with Crippen molar-refractivity contribution in [2.24, 2.45) is 5.73 Å². The summed E-state index contributed by atoms with van der Waals surface area (Å²) in [5.41, 5.74) is 6.39. The lowest BCUT2D eigenvalue weighted by molar-refractivity contribution is 0.827. The van der Waals surface area contributed by atoms with Crippen LogP contribution in [0.4, 0.5) is 0 Å². The van der Waals surface area contributed by atoms with Gasteiger partial charge in [-0.1, -0.05) is 6.92 Å². The summed E-state index contributed by atoms with van der Waals surface area (Å²) in [6, 6.07) is 0. The zero-order chi connectivity index (χ0) is 10.7. The first-order chi connectivity index (χ1) is 7.36. The van der Waals surface area contributed by atoms with Gasteiger partial charge in [0, 0.05) is 37.8 Å². The van der Waals surface area contributed by atoms with E-state index in [0.717, 1.165) is 23.8 Å². The van der Waals surface area contributed by atoms with Crippen molar-refractivity contribution in [2.75, 3.05) is 0 Å². The molecule has 2 rings (SSSR count). The smallest absolute Gasteiger partial charge is 0.161 e. The first-order valence-corrected chi connectivity index (χ1v) is 4.89. The Morgan fingerprint density at radius 3 is 2.73 bits per heavy atom. The van der Waals surface area contributed by atoms with Gasteiger partial charge in [-0.2, -0.15) is 0 Å². The van der Waals surface area contributed by atoms with Crippen LogP contribution in [-0.2, 0) is 13.0 Å². The number of hydrogen-bond donors (Lipinski definition) is 1. The summed E-state index contributed by atoms with van der Waals surface area (Å²) < 4.78 is 1.93. The van der Waals surface area contributed by atoms with E-state index in [1.54, 1.807) is 18.6 Å². The van der Waals surface area contributed by atoms with Crippen molar-refractivity contribution < 1.29 is 0 Å². The predicted molar refractivity (Wildman–Crippen MR) is 56.4 cm³/mol. The van der Waals surface area contributed by atoms with E-state index in [1.807, 2.05) is 10.8 Å². The highest BCUT2D eigenvalue weighted by Crippen LogP contribution is 2.11. The van der Waals surface area contributed by atoms with E-state index >= 15 is 0 Å². The lowest BCUT2D eigenvalue weighted by Gasteiger charge is -2.08. The quantitative estimate of drug-likeness (QED) is 0.796. The monoisotopic (exact) mass is 203 g/mol. The van der Waals surface area contributed by atoms with E-state index in [1.165, 1.54) is 0 Å². The lowest BCUT2D eigenvalue weighted by atomic mass is 10.3. The maximum Gasteiger partial charge on any atom is 0.161 e. The van der Waals surface area contributed by atoms with E-state index in [-0.39, 0.29) is 0 Å². The SMILES string of the molecule is CCc1nccn1-c1nccnc1CN. The fourth-order valence-corrected chi connectivity index (χ4v) is 1.49. The summed E-state index contributed by atoms with van der Waals surface area (Å²) in [7, 11) is 0. The summed E-state index contributed by atoms with van der Waals surface area (Å²) in [4.78, 5) is 12.7. The van der Waals surface area contributed by atoms with Crippen molar-refractivity contribution >= 4 is 0 Å². The van der Waals surface area contributed by atoms with Gasteiger partial charge in [0.2, 0.25) is 0 Å². The molecule has 0 bridgehead atoms. The highest BCUT2D eigenvalue weighted by molar-refractivity contribution is 5.29. The van der Waals surface area contributed by atoms with Crippen LogP contribution in [0.3, 0.4) is 0 Å². The Hall–Kier alpha value is -1.75. The molecule has 0 atom stereocenters. The number of nitrogens with two attached hydrogens (primary N) is 1. The van der Waals surface area contributed by atoms with Crippen LogP contribution in [0.5, 0.6) is 0 Å². The molecule has 0 aromatic carbocycles. The minimum atomic E-state index is 0.379. The molecule has 0 saturated heterocycles. The van der Waals surface area contributed by atoms with Gasteiger partial charge < -0.3 is 5.73 Å². The molecule has 0 radical (unpaired) electrons. The van der Waals surface area contributed by atoms with Crippen molar-refractivity contribution in [3.63, 3.8) is 0 Å². The van der Waals surface area contributed by atoms with E-state index in [2.05, 4.69) is 21.9 Å². The summed E-state index contributed by atoms with van der Waals surface area (Å²) in [5, 5.41) is 0. The second-order valence-electron chi connectivity index (χ2n) is 3.10. The first kappa shape index (κ1) is 9.79. The number of nitrogens with zero attached hydrogens (tertiary/aromatic N) is 4. The van der Waals surface area contributed by atoms with Crippen LogP contribution in [-0.4, -0.2) is 19.5 Å². The van der Waals surface area contributed by atoms with Crippen LogP contribution < -0.4 is 5.73 Å². The zero-order valence-corrected chi connectivity index (χ0v) is 8.59. The molecular weight excluding hydrogens is 190 g/mol. The molecule has 0 aliphatic carbocycles.